The van der Waals surface area contributed by atoms with Crippen LogP contribution >= 0.6 is 0 Å². The van der Waals surface area contributed by atoms with E-state index in [2.05, 4.69) is 31.4 Å². The van der Waals surface area contributed by atoms with E-state index < -0.39 is 11.7 Å². The Morgan fingerprint density at radius 3 is 2.00 bits per heavy atom. The van der Waals surface area contributed by atoms with Gasteiger partial charge in [0, 0.05) is 24.4 Å². The fourth-order valence-corrected chi connectivity index (χ4v) is 3.33. The summed E-state index contributed by atoms with van der Waals surface area (Å²) in [5.74, 6) is -0.359. The van der Waals surface area contributed by atoms with Crippen molar-refractivity contribution in [3.8, 4) is 0 Å². The highest BCUT2D eigenvalue weighted by molar-refractivity contribution is 5.80. The average Bonchev–Trinajstić information content (AvgIpc) is 2.51. The largest absolute Gasteiger partial charge is 0.461 e. The highest BCUT2D eigenvalue weighted by atomic mass is 16.6. The van der Waals surface area contributed by atoms with Gasteiger partial charge in [0.25, 0.3) is 0 Å². The zero-order valence-corrected chi connectivity index (χ0v) is 19.5. The van der Waals surface area contributed by atoms with Gasteiger partial charge in [0.1, 0.15) is 0 Å². The summed E-state index contributed by atoms with van der Waals surface area (Å²) in [6.45, 7) is 24.2. The molecule has 1 rings (SSSR count). The minimum Gasteiger partial charge on any atom is -0.461 e. The number of carbonyl (C=O) groups excluding carboxylic acids is 1. The Morgan fingerprint density at radius 2 is 1.63 bits per heavy atom. The van der Waals surface area contributed by atoms with Crippen molar-refractivity contribution in [2.45, 2.75) is 108 Å². The molecular formula is C26H49NO3. The van der Waals surface area contributed by atoms with Crippen molar-refractivity contribution < 1.29 is 14.3 Å². The van der Waals surface area contributed by atoms with Crippen molar-refractivity contribution in [3.63, 3.8) is 0 Å². The second-order valence-electron chi connectivity index (χ2n) is 9.83. The molecule has 0 unspecified atom stereocenters. The summed E-state index contributed by atoms with van der Waals surface area (Å²) < 4.78 is 11.8. The van der Waals surface area contributed by atoms with Gasteiger partial charge < -0.3 is 14.4 Å². The van der Waals surface area contributed by atoms with Gasteiger partial charge in [-0.05, 0) is 78.4 Å². The predicted molar refractivity (Wildman–Crippen MR) is 131 cm³/mol. The number of hydrogen-bond acceptors (Lipinski definition) is 4. The summed E-state index contributed by atoms with van der Waals surface area (Å²) in [5, 5.41) is 0. The fraction of sp³-hybridized carbons (Fsp3) is 0.731. The molecule has 1 atom stereocenters. The van der Waals surface area contributed by atoms with Crippen LogP contribution in [-0.4, -0.2) is 41.8 Å². The van der Waals surface area contributed by atoms with Gasteiger partial charge in [-0.15, -0.1) is 0 Å². The van der Waals surface area contributed by atoms with Gasteiger partial charge >= 0.3 is 5.97 Å². The molecule has 1 aliphatic heterocycles. The monoisotopic (exact) mass is 423 g/mol. The normalized spacial score (nSPS) is 18.3. The van der Waals surface area contributed by atoms with Crippen LogP contribution in [0.15, 0.2) is 35.6 Å². The lowest BCUT2D eigenvalue weighted by Gasteiger charge is -2.40. The van der Waals surface area contributed by atoms with E-state index in [-0.39, 0.29) is 26.9 Å². The Labute approximate surface area is 187 Å². The number of carbonyl (C=O) groups is 1. The third kappa shape index (κ3) is 9.51. The molecule has 4 nitrogen and oxygen atoms in total. The maximum Gasteiger partial charge on any atom is 0.340 e. The highest BCUT2D eigenvalue weighted by Gasteiger charge is 2.35. The first-order valence-electron chi connectivity index (χ1n) is 10.4. The third-order valence-corrected chi connectivity index (χ3v) is 4.82. The highest BCUT2D eigenvalue weighted by Crippen LogP contribution is 2.34. The zero-order valence-electron chi connectivity index (χ0n) is 19.5. The quantitative estimate of drug-likeness (QED) is 0.329. The van der Waals surface area contributed by atoms with Crippen LogP contribution < -0.4 is 0 Å². The molecule has 4 heteroatoms. The summed E-state index contributed by atoms with van der Waals surface area (Å²) in [6, 6.07) is 0. The lowest BCUT2D eigenvalue weighted by Crippen LogP contribution is -2.41. The van der Waals surface area contributed by atoms with E-state index in [1.165, 1.54) is 0 Å². The smallest absolute Gasteiger partial charge is 0.340 e. The maximum atomic E-state index is 13.0. The molecule has 0 amide bonds. The van der Waals surface area contributed by atoms with Crippen LogP contribution in [0.5, 0.6) is 0 Å². The van der Waals surface area contributed by atoms with Crippen molar-refractivity contribution in [2.24, 2.45) is 5.41 Å². The van der Waals surface area contributed by atoms with Gasteiger partial charge in [-0.25, -0.2) is 4.79 Å². The standard InChI is InChI=1S/C24H41NO3.2CH4/c1-11-12-19(25-15-13-24(9,10)14-16-25)20(17(2)3)21(28-23(6,7)8)22(26)27-18(4)5;;/h11-12,18,21H,2,13-16H2,1,3-10H3;2*1H4/b12-11-,20-19-;;/t21-;;/m0../s1. The Hall–Kier alpha value is -1.55. The van der Waals surface area contributed by atoms with Crippen molar-refractivity contribution in [1.82, 2.24) is 4.90 Å². The summed E-state index contributed by atoms with van der Waals surface area (Å²) in [6.07, 6.45) is 5.30. The Bertz CT molecular complexity index is 611. The number of ether oxygens (including phenoxy) is 2. The Morgan fingerprint density at radius 1 is 1.13 bits per heavy atom. The lowest BCUT2D eigenvalue weighted by atomic mass is 9.82. The van der Waals surface area contributed by atoms with Gasteiger partial charge in [0.2, 0.25) is 0 Å². The molecule has 1 saturated heterocycles. The zero-order chi connectivity index (χ0) is 21.7. The van der Waals surface area contributed by atoms with E-state index in [0.717, 1.165) is 42.8 Å². The van der Waals surface area contributed by atoms with Crippen molar-refractivity contribution in [1.29, 1.82) is 0 Å². The number of allylic oxidation sites excluding steroid dienone is 2. The van der Waals surface area contributed by atoms with Crippen molar-refractivity contribution >= 4 is 5.97 Å². The van der Waals surface area contributed by atoms with Crippen LogP contribution in [0.1, 0.15) is 90.0 Å². The number of rotatable bonds is 7. The van der Waals surface area contributed by atoms with Gasteiger partial charge in [0.05, 0.1) is 11.7 Å². The first-order chi connectivity index (χ1) is 12.8. The fourth-order valence-electron chi connectivity index (χ4n) is 3.33. The van der Waals surface area contributed by atoms with E-state index in [1.807, 2.05) is 54.5 Å². The predicted octanol–water partition coefficient (Wildman–Crippen LogP) is 6.92. The molecule has 1 aliphatic rings. The molecule has 1 fully saturated rings. The summed E-state index contributed by atoms with van der Waals surface area (Å²) in [4.78, 5) is 15.4. The van der Waals surface area contributed by atoms with Gasteiger partial charge in [-0.2, -0.15) is 0 Å². The molecule has 176 valence electrons. The molecule has 1 heterocycles. The van der Waals surface area contributed by atoms with Crippen molar-refractivity contribution in [2.75, 3.05) is 13.1 Å². The molecule has 0 N–H and O–H groups in total. The molecule has 0 aromatic rings. The van der Waals surface area contributed by atoms with E-state index in [4.69, 9.17) is 9.47 Å². The third-order valence-electron chi connectivity index (χ3n) is 4.82. The number of likely N-dealkylation sites (tertiary alicyclic amines) is 1. The first-order valence-corrected chi connectivity index (χ1v) is 10.4. The molecule has 30 heavy (non-hydrogen) atoms. The summed E-state index contributed by atoms with van der Waals surface area (Å²) in [5.41, 5.74) is 2.51. The SMILES string of the molecule is C.C.C=C(C)/C(=C(\C=C/C)N1CCC(C)(C)CC1)[C@H](OC(C)(C)C)C(=O)OC(C)C. The topological polar surface area (TPSA) is 38.8 Å². The van der Waals surface area contributed by atoms with Gasteiger partial charge in [-0.1, -0.05) is 41.4 Å². The second-order valence-corrected chi connectivity index (χ2v) is 9.83. The molecule has 0 saturated carbocycles. The van der Waals surface area contributed by atoms with Crippen LogP contribution in [-0.2, 0) is 14.3 Å². The van der Waals surface area contributed by atoms with E-state index in [1.54, 1.807) is 0 Å². The van der Waals surface area contributed by atoms with E-state index >= 15 is 0 Å². The first kappa shape index (κ1) is 30.6. The molecule has 0 radical (unpaired) electrons. The van der Waals surface area contributed by atoms with Crippen LogP contribution in [0.3, 0.4) is 0 Å². The average molecular weight is 424 g/mol. The minimum atomic E-state index is -0.805. The number of hydrogen-bond donors (Lipinski definition) is 0. The van der Waals surface area contributed by atoms with Gasteiger partial charge in [-0.3, -0.25) is 0 Å². The van der Waals surface area contributed by atoms with Crippen LogP contribution in [0.25, 0.3) is 0 Å². The summed E-state index contributed by atoms with van der Waals surface area (Å²) in [7, 11) is 0. The van der Waals surface area contributed by atoms with Crippen LogP contribution in [0.2, 0.25) is 0 Å². The van der Waals surface area contributed by atoms with Crippen LogP contribution in [0, 0.1) is 5.41 Å². The molecule has 0 aromatic heterocycles. The Kier molecular flexibility index (Phi) is 12.6. The maximum absolute atomic E-state index is 13.0. The molecule has 0 aliphatic carbocycles. The molecule has 0 aromatic carbocycles. The van der Waals surface area contributed by atoms with E-state index in [0.29, 0.717) is 5.41 Å². The number of nitrogens with zero attached hydrogens (tertiary/aromatic N) is 1. The minimum absolute atomic E-state index is 0. The second kappa shape index (κ2) is 12.3. The number of piperidine rings is 1. The van der Waals surface area contributed by atoms with Gasteiger partial charge in [0.15, 0.2) is 6.10 Å². The molecule has 0 spiro atoms. The van der Waals surface area contributed by atoms with Crippen LogP contribution in [0.4, 0.5) is 0 Å². The molecule has 0 bridgehead atoms. The van der Waals surface area contributed by atoms with E-state index in [9.17, 15) is 4.79 Å². The lowest BCUT2D eigenvalue weighted by molar-refractivity contribution is -0.166. The summed E-state index contributed by atoms with van der Waals surface area (Å²) >= 11 is 0. The Balaban J connectivity index is 0. The van der Waals surface area contributed by atoms with Crippen molar-refractivity contribution in [3.05, 3.63) is 35.6 Å². The molecular weight excluding hydrogens is 374 g/mol. The number of esters is 1.